The SMILES string of the molecule is CC/C=C/C=C/C=C/C=C/C=C/C=C/CCCCCC(=O)OC(COCCC(C(=O)O)[N+](C)(C)C)COC(=O)CCCCC/C=C/C/C=C/C/C=C/C/C=C/CC. The summed E-state index contributed by atoms with van der Waals surface area (Å²) >= 11 is 0. The molecule has 0 aromatic carbocycles. The van der Waals surface area contributed by atoms with E-state index in [9.17, 15) is 19.5 Å². The number of hydrogen-bond donors (Lipinski definition) is 1. The molecule has 57 heavy (non-hydrogen) atoms. The Hall–Kier alpha value is -4.27. The van der Waals surface area contributed by atoms with E-state index < -0.39 is 18.1 Å². The summed E-state index contributed by atoms with van der Waals surface area (Å²) in [5.41, 5.74) is 0. The molecule has 2 unspecified atom stereocenters. The molecule has 0 aromatic heterocycles. The first-order chi connectivity index (χ1) is 27.6. The summed E-state index contributed by atoms with van der Waals surface area (Å²) in [7, 11) is 5.48. The van der Waals surface area contributed by atoms with E-state index in [1.165, 1.54) is 0 Å². The van der Waals surface area contributed by atoms with Crippen molar-refractivity contribution in [2.45, 2.75) is 129 Å². The van der Waals surface area contributed by atoms with Gasteiger partial charge in [0.15, 0.2) is 12.1 Å². The molecule has 0 saturated heterocycles. The molecule has 0 rings (SSSR count). The third kappa shape index (κ3) is 37.1. The highest BCUT2D eigenvalue weighted by Gasteiger charge is 2.31. The molecular weight excluding hydrogens is 715 g/mol. The Bertz CT molecular complexity index is 1340. The number of carbonyl (C=O) groups excluding carboxylic acids is 2. The Morgan fingerprint density at radius 2 is 1.02 bits per heavy atom. The van der Waals surface area contributed by atoms with Gasteiger partial charge in [-0.25, -0.2) is 4.79 Å². The van der Waals surface area contributed by atoms with E-state index in [4.69, 9.17) is 14.2 Å². The molecule has 0 aliphatic carbocycles. The van der Waals surface area contributed by atoms with Crippen molar-refractivity contribution in [1.29, 1.82) is 0 Å². The Balaban J connectivity index is 4.56. The zero-order valence-corrected chi connectivity index (χ0v) is 36.0. The van der Waals surface area contributed by atoms with Crippen molar-refractivity contribution in [3.63, 3.8) is 0 Å². The third-order valence-corrected chi connectivity index (χ3v) is 8.52. The summed E-state index contributed by atoms with van der Waals surface area (Å²) in [4.78, 5) is 36.9. The van der Waals surface area contributed by atoms with Gasteiger partial charge in [0, 0.05) is 19.3 Å². The second-order valence-corrected chi connectivity index (χ2v) is 14.6. The molecule has 0 saturated carbocycles. The average Bonchev–Trinajstić information content (AvgIpc) is 3.17. The molecule has 0 heterocycles. The zero-order chi connectivity index (χ0) is 42.1. The Morgan fingerprint density at radius 1 is 0.544 bits per heavy atom. The van der Waals surface area contributed by atoms with Crippen LogP contribution in [-0.2, 0) is 28.6 Å². The standard InChI is InChI=1S/C49H75NO7/c1-6-8-10-12-14-16-18-20-22-24-26-28-30-32-34-36-38-40-48(52)57-45(43-55-42-41-46(49(53)54)50(3,4)5)44-56-47(51)39-37-35-33-31-29-27-25-23-21-19-17-15-13-11-9-7-2/h8-12,14-18,20-24,26-30,45-46H,6-7,13,19,25,31-44H2,1-5H3/p+1/b10-8+,11-9+,14-12+,17-15+,18-16+,22-20+,23-21+,26-24+,29-27+,30-28+. The number of aliphatic carboxylic acids is 1. The van der Waals surface area contributed by atoms with Gasteiger partial charge in [0.05, 0.1) is 34.4 Å². The lowest BCUT2D eigenvalue weighted by Crippen LogP contribution is -2.50. The van der Waals surface area contributed by atoms with E-state index in [-0.39, 0.29) is 42.7 Å². The van der Waals surface area contributed by atoms with Crippen molar-refractivity contribution >= 4 is 17.9 Å². The van der Waals surface area contributed by atoms with Crippen LogP contribution in [0.15, 0.2) is 122 Å². The van der Waals surface area contributed by atoms with Crippen molar-refractivity contribution in [3.05, 3.63) is 122 Å². The first kappa shape index (κ1) is 52.7. The summed E-state index contributed by atoms with van der Waals surface area (Å²) in [6.45, 7) is 4.35. The van der Waals surface area contributed by atoms with Crippen LogP contribution in [0.1, 0.15) is 117 Å². The number of likely N-dealkylation sites (N-methyl/N-ethyl adjacent to an activating group) is 1. The van der Waals surface area contributed by atoms with E-state index in [2.05, 4.69) is 74.6 Å². The first-order valence-corrected chi connectivity index (χ1v) is 21.2. The first-order valence-electron chi connectivity index (χ1n) is 21.2. The van der Waals surface area contributed by atoms with Crippen LogP contribution in [0.25, 0.3) is 0 Å². The molecule has 8 heteroatoms. The fourth-order valence-corrected chi connectivity index (χ4v) is 5.29. The second-order valence-electron chi connectivity index (χ2n) is 14.6. The van der Waals surface area contributed by atoms with Crippen molar-refractivity contribution in [2.75, 3.05) is 41.0 Å². The summed E-state index contributed by atoms with van der Waals surface area (Å²) in [6.07, 6.45) is 53.8. The number of nitrogens with zero attached hydrogens (tertiary/aromatic N) is 1. The molecule has 0 aliphatic rings. The van der Waals surface area contributed by atoms with E-state index in [1.54, 1.807) is 0 Å². The molecule has 8 nitrogen and oxygen atoms in total. The molecule has 0 radical (unpaired) electrons. The monoisotopic (exact) mass is 791 g/mol. The molecule has 0 spiro atoms. The highest BCUT2D eigenvalue weighted by Crippen LogP contribution is 2.11. The van der Waals surface area contributed by atoms with Gasteiger partial charge in [0.1, 0.15) is 6.61 Å². The lowest BCUT2D eigenvalue weighted by Gasteiger charge is -2.31. The Morgan fingerprint density at radius 3 is 1.54 bits per heavy atom. The molecule has 0 fully saturated rings. The van der Waals surface area contributed by atoms with Gasteiger partial charge < -0.3 is 23.8 Å². The molecule has 318 valence electrons. The smallest absolute Gasteiger partial charge is 0.362 e. The largest absolute Gasteiger partial charge is 0.477 e. The van der Waals surface area contributed by atoms with E-state index >= 15 is 0 Å². The maximum absolute atomic E-state index is 12.7. The third-order valence-electron chi connectivity index (χ3n) is 8.52. The van der Waals surface area contributed by atoms with Gasteiger partial charge in [-0.05, 0) is 70.6 Å². The molecule has 1 N–H and O–H groups in total. The number of ether oxygens (including phenoxy) is 3. The van der Waals surface area contributed by atoms with E-state index in [1.807, 2.05) is 81.9 Å². The number of unbranched alkanes of at least 4 members (excludes halogenated alkanes) is 6. The van der Waals surface area contributed by atoms with Crippen molar-refractivity contribution in [3.8, 4) is 0 Å². The highest BCUT2D eigenvalue weighted by atomic mass is 16.6. The number of allylic oxidation sites excluding steroid dienone is 20. The van der Waals surface area contributed by atoms with Crippen LogP contribution in [0.2, 0.25) is 0 Å². The summed E-state index contributed by atoms with van der Waals surface area (Å²) in [5.74, 6) is -1.59. The quantitative estimate of drug-likeness (QED) is 0.0224. The minimum Gasteiger partial charge on any atom is -0.477 e. The van der Waals surface area contributed by atoms with Gasteiger partial charge in [-0.2, -0.15) is 0 Å². The van der Waals surface area contributed by atoms with Crippen LogP contribution in [0.4, 0.5) is 0 Å². The van der Waals surface area contributed by atoms with Gasteiger partial charge in [-0.1, -0.05) is 148 Å². The van der Waals surface area contributed by atoms with Crippen LogP contribution in [0.3, 0.4) is 0 Å². The second kappa shape index (κ2) is 38.6. The van der Waals surface area contributed by atoms with E-state index in [0.717, 1.165) is 77.0 Å². The molecular formula is C49H76NO7+. The number of hydrogen-bond acceptors (Lipinski definition) is 6. The number of carbonyl (C=O) groups is 3. The number of carboxylic acids is 1. The summed E-state index contributed by atoms with van der Waals surface area (Å²) in [6, 6.07) is -0.636. The molecule has 0 aromatic rings. The van der Waals surface area contributed by atoms with Gasteiger partial charge >= 0.3 is 17.9 Å². The maximum atomic E-state index is 12.7. The van der Waals surface area contributed by atoms with Crippen LogP contribution >= 0.6 is 0 Å². The predicted molar refractivity (Wildman–Crippen MR) is 238 cm³/mol. The van der Waals surface area contributed by atoms with Crippen molar-refractivity contribution in [1.82, 2.24) is 0 Å². The maximum Gasteiger partial charge on any atom is 0.362 e. The van der Waals surface area contributed by atoms with Crippen molar-refractivity contribution in [2.24, 2.45) is 0 Å². The van der Waals surface area contributed by atoms with Crippen LogP contribution in [0, 0.1) is 0 Å². The molecule has 0 aliphatic heterocycles. The zero-order valence-electron chi connectivity index (χ0n) is 36.0. The normalized spacial score (nSPS) is 14.2. The van der Waals surface area contributed by atoms with Gasteiger partial charge in [0.25, 0.3) is 0 Å². The average molecular weight is 791 g/mol. The van der Waals surface area contributed by atoms with Crippen LogP contribution in [-0.4, -0.2) is 80.6 Å². The van der Waals surface area contributed by atoms with Crippen LogP contribution in [0.5, 0.6) is 0 Å². The topological polar surface area (TPSA) is 99.1 Å². The molecule has 2 atom stereocenters. The van der Waals surface area contributed by atoms with Gasteiger partial charge in [-0.3, -0.25) is 9.59 Å². The molecule has 0 amide bonds. The summed E-state index contributed by atoms with van der Waals surface area (Å²) in [5, 5.41) is 9.61. The lowest BCUT2D eigenvalue weighted by atomic mass is 10.1. The minimum absolute atomic E-state index is 0.0227. The minimum atomic E-state index is -0.895. The number of esters is 2. The highest BCUT2D eigenvalue weighted by molar-refractivity contribution is 5.72. The fourth-order valence-electron chi connectivity index (χ4n) is 5.29. The fraction of sp³-hybridized carbons (Fsp3) is 0.531. The predicted octanol–water partition coefficient (Wildman–Crippen LogP) is 11.5. The number of quaternary nitrogens is 1. The van der Waals surface area contributed by atoms with Gasteiger partial charge in [0.2, 0.25) is 0 Å². The molecule has 0 bridgehead atoms. The Kier molecular flexibility index (Phi) is 35.7. The van der Waals surface area contributed by atoms with Crippen molar-refractivity contribution < 1.29 is 38.2 Å². The van der Waals surface area contributed by atoms with Crippen LogP contribution < -0.4 is 0 Å². The summed E-state index contributed by atoms with van der Waals surface area (Å²) < 4.78 is 17.2. The number of carboxylic acid groups (broad SMARTS) is 1. The number of rotatable bonds is 35. The lowest BCUT2D eigenvalue weighted by molar-refractivity contribution is -0.887. The van der Waals surface area contributed by atoms with E-state index in [0.29, 0.717) is 19.3 Å². The Labute approximate surface area is 346 Å². The van der Waals surface area contributed by atoms with Gasteiger partial charge in [-0.15, -0.1) is 0 Å².